The number of carbonyl (C=O) groups excluding carboxylic acids is 2. The topological polar surface area (TPSA) is 55.8 Å². The molecular weight excluding hydrogens is 433 g/mol. The molecule has 2 unspecified atom stereocenters. The first-order valence-electron chi connectivity index (χ1n) is 8.63. The average Bonchev–Trinajstić information content (AvgIpc) is 2.91. The minimum atomic E-state index is -0.629. The molecule has 25 heavy (non-hydrogen) atoms. The summed E-state index contributed by atoms with van der Waals surface area (Å²) >= 11 is 2.26. The lowest BCUT2D eigenvalue weighted by Crippen LogP contribution is -2.34. The summed E-state index contributed by atoms with van der Waals surface area (Å²) in [6.07, 6.45) is 4.28. The number of hydrogen-bond acceptors (Lipinski definition) is 4. The number of cyclic esters (lactones) is 1. The summed E-state index contributed by atoms with van der Waals surface area (Å²) in [4.78, 5) is 25.4. The maximum absolute atomic E-state index is 12.4. The molecule has 0 N–H and O–H groups in total. The maximum atomic E-state index is 12.4. The second kappa shape index (κ2) is 8.87. The third-order valence-corrected chi connectivity index (χ3v) is 5.53. The molecule has 1 saturated heterocycles. The Hall–Kier alpha value is -1.31. The summed E-state index contributed by atoms with van der Waals surface area (Å²) in [5, 5.41) is 0. The molecule has 1 fully saturated rings. The quantitative estimate of drug-likeness (QED) is 0.334. The van der Waals surface area contributed by atoms with Gasteiger partial charge in [-0.3, -0.25) is 4.79 Å². The van der Waals surface area contributed by atoms with Gasteiger partial charge in [-0.2, -0.15) is 0 Å². The van der Waals surface area contributed by atoms with E-state index in [1.54, 1.807) is 11.9 Å². The van der Waals surface area contributed by atoms with Crippen molar-refractivity contribution in [3.8, 4) is 0 Å². The molecule has 2 atom stereocenters. The van der Waals surface area contributed by atoms with E-state index < -0.39 is 5.41 Å². The fraction of sp³-hybridized carbons (Fsp3) is 0.579. The zero-order valence-electron chi connectivity index (χ0n) is 15.1. The van der Waals surface area contributed by atoms with Gasteiger partial charge < -0.3 is 14.4 Å². The van der Waals surface area contributed by atoms with Gasteiger partial charge in [0.15, 0.2) is 0 Å². The highest BCUT2D eigenvalue weighted by Gasteiger charge is 2.36. The van der Waals surface area contributed by atoms with Gasteiger partial charge in [0.1, 0.15) is 6.10 Å². The highest BCUT2D eigenvalue weighted by molar-refractivity contribution is 14.1. The van der Waals surface area contributed by atoms with E-state index in [9.17, 15) is 9.59 Å². The van der Waals surface area contributed by atoms with E-state index in [2.05, 4.69) is 22.6 Å². The number of amides is 1. The maximum Gasteiger partial charge on any atom is 0.409 e. The number of rotatable bonds is 8. The van der Waals surface area contributed by atoms with Crippen LogP contribution in [-0.2, 0) is 19.7 Å². The first-order chi connectivity index (χ1) is 11.9. The largest absolute Gasteiger partial charge is 0.468 e. The molecule has 1 amide bonds. The molecule has 1 aromatic rings. The molecular formula is C19H26INO4. The lowest BCUT2D eigenvalue weighted by molar-refractivity contribution is -0.147. The average molecular weight is 459 g/mol. The van der Waals surface area contributed by atoms with Crippen LogP contribution in [0.15, 0.2) is 24.3 Å². The van der Waals surface area contributed by atoms with Gasteiger partial charge in [-0.05, 0) is 66.5 Å². The molecule has 0 aliphatic carbocycles. The third kappa shape index (κ3) is 5.09. The van der Waals surface area contributed by atoms with Crippen LogP contribution in [0.2, 0.25) is 0 Å². The summed E-state index contributed by atoms with van der Waals surface area (Å²) < 4.78 is 11.4. The number of ether oxygens (including phenoxy) is 2. The molecule has 0 aromatic heterocycles. The van der Waals surface area contributed by atoms with Crippen molar-refractivity contribution < 1.29 is 19.1 Å². The van der Waals surface area contributed by atoms with Crippen molar-refractivity contribution in [3.05, 3.63) is 33.4 Å². The second-order valence-electron chi connectivity index (χ2n) is 6.82. The Bertz CT molecular complexity index is 621. The fourth-order valence-electron chi connectivity index (χ4n) is 3.25. The van der Waals surface area contributed by atoms with Crippen LogP contribution < -0.4 is 0 Å². The Balaban J connectivity index is 1.86. The zero-order chi connectivity index (χ0) is 18.4. The summed E-state index contributed by atoms with van der Waals surface area (Å²) in [6, 6.07) is 8.03. The van der Waals surface area contributed by atoms with Gasteiger partial charge in [-0.25, -0.2) is 4.79 Å². The molecule has 6 heteroatoms. The number of likely N-dealkylation sites (N-methyl/N-ethyl adjacent to an activating group) is 1. The summed E-state index contributed by atoms with van der Waals surface area (Å²) in [6.45, 7) is 2.62. The molecule has 0 spiro atoms. The van der Waals surface area contributed by atoms with E-state index in [1.165, 1.54) is 7.11 Å². The van der Waals surface area contributed by atoms with Crippen molar-refractivity contribution in [1.29, 1.82) is 0 Å². The lowest BCUT2D eigenvalue weighted by atomic mass is 9.78. The van der Waals surface area contributed by atoms with Gasteiger partial charge in [0.2, 0.25) is 0 Å². The minimum Gasteiger partial charge on any atom is -0.468 e. The Labute approximate surface area is 163 Å². The highest BCUT2D eigenvalue weighted by Crippen LogP contribution is 2.32. The number of unbranched alkanes of at least 4 members (excludes halogenated alkanes) is 2. The minimum absolute atomic E-state index is 0.000178. The van der Waals surface area contributed by atoms with E-state index in [0.717, 1.165) is 41.2 Å². The molecule has 5 nitrogen and oxygen atoms in total. The van der Waals surface area contributed by atoms with Gasteiger partial charge >= 0.3 is 12.1 Å². The Morgan fingerprint density at radius 1 is 1.40 bits per heavy atom. The first-order valence-corrected chi connectivity index (χ1v) is 9.71. The molecule has 0 radical (unpaired) electrons. The normalized spacial score (nSPS) is 19.4. The second-order valence-corrected chi connectivity index (χ2v) is 8.07. The Kier molecular flexibility index (Phi) is 7.10. The summed E-state index contributed by atoms with van der Waals surface area (Å²) in [5.41, 5.74) is 0.369. The lowest BCUT2D eigenvalue weighted by Gasteiger charge is -2.27. The monoisotopic (exact) mass is 459 g/mol. The molecule has 1 aliphatic rings. The van der Waals surface area contributed by atoms with Crippen LogP contribution in [0.25, 0.3) is 0 Å². The van der Waals surface area contributed by atoms with Crippen LogP contribution in [0.1, 0.15) is 44.6 Å². The van der Waals surface area contributed by atoms with Crippen LogP contribution in [0.5, 0.6) is 0 Å². The smallest absolute Gasteiger partial charge is 0.409 e. The van der Waals surface area contributed by atoms with Gasteiger partial charge in [0.25, 0.3) is 0 Å². The number of carbonyl (C=O) groups is 2. The van der Waals surface area contributed by atoms with Crippen molar-refractivity contribution in [2.45, 2.75) is 50.5 Å². The van der Waals surface area contributed by atoms with Gasteiger partial charge in [-0.1, -0.05) is 25.0 Å². The van der Waals surface area contributed by atoms with Crippen molar-refractivity contribution in [1.82, 2.24) is 4.90 Å². The van der Waals surface area contributed by atoms with Crippen LogP contribution in [0.3, 0.4) is 0 Å². The van der Waals surface area contributed by atoms with Gasteiger partial charge in [-0.15, -0.1) is 0 Å². The predicted octanol–water partition coefficient (Wildman–Crippen LogP) is 4.12. The number of nitrogens with zero attached hydrogens (tertiary/aromatic N) is 1. The number of methoxy groups -OCH3 is 1. The van der Waals surface area contributed by atoms with Crippen LogP contribution >= 0.6 is 22.6 Å². The summed E-state index contributed by atoms with van der Waals surface area (Å²) in [7, 11) is 3.20. The van der Waals surface area contributed by atoms with E-state index in [-0.39, 0.29) is 18.2 Å². The molecule has 138 valence electrons. The third-order valence-electron chi connectivity index (χ3n) is 4.86. The SMILES string of the molecule is COC(=O)C(C)(CCCCCC1CN(C)C(=O)O1)c1cccc(I)c1. The van der Waals surface area contributed by atoms with Crippen molar-refractivity contribution in [2.24, 2.45) is 0 Å². The van der Waals surface area contributed by atoms with E-state index in [1.807, 2.05) is 31.2 Å². The number of hydrogen-bond donors (Lipinski definition) is 0. The molecule has 0 saturated carbocycles. The van der Waals surface area contributed by atoms with E-state index in [4.69, 9.17) is 9.47 Å². The number of esters is 1. The Morgan fingerprint density at radius 2 is 2.16 bits per heavy atom. The van der Waals surface area contributed by atoms with E-state index in [0.29, 0.717) is 6.54 Å². The van der Waals surface area contributed by atoms with Crippen molar-refractivity contribution >= 4 is 34.7 Å². The van der Waals surface area contributed by atoms with Gasteiger partial charge in [0, 0.05) is 10.6 Å². The number of halogens is 1. The Morgan fingerprint density at radius 3 is 2.76 bits per heavy atom. The number of benzene rings is 1. The van der Waals surface area contributed by atoms with Crippen LogP contribution in [-0.4, -0.2) is 43.8 Å². The zero-order valence-corrected chi connectivity index (χ0v) is 17.2. The highest BCUT2D eigenvalue weighted by atomic mass is 127. The predicted molar refractivity (Wildman–Crippen MR) is 105 cm³/mol. The molecule has 1 aromatic carbocycles. The standard InChI is InChI=1S/C19H26INO4/c1-19(17(22)24-3,14-8-7-9-15(20)12-14)11-6-4-5-10-16-13-21(2)18(23)25-16/h7-9,12,16H,4-6,10-11,13H2,1-3H3. The van der Waals surface area contributed by atoms with Crippen LogP contribution in [0, 0.1) is 3.57 Å². The molecule has 2 rings (SSSR count). The van der Waals surface area contributed by atoms with Gasteiger partial charge in [0.05, 0.1) is 19.1 Å². The van der Waals surface area contributed by atoms with Crippen molar-refractivity contribution in [3.63, 3.8) is 0 Å². The van der Waals surface area contributed by atoms with Crippen molar-refractivity contribution in [2.75, 3.05) is 20.7 Å². The first kappa shape index (κ1) is 20.0. The molecule has 1 heterocycles. The van der Waals surface area contributed by atoms with E-state index >= 15 is 0 Å². The summed E-state index contributed by atoms with van der Waals surface area (Å²) in [5.74, 6) is -0.194. The fourth-order valence-corrected chi connectivity index (χ4v) is 3.79. The van der Waals surface area contributed by atoms with Crippen LogP contribution in [0.4, 0.5) is 4.79 Å². The molecule has 1 aliphatic heterocycles. The molecule has 0 bridgehead atoms.